The molecule has 0 unspecified atom stereocenters. The van der Waals surface area contributed by atoms with Gasteiger partial charge in [-0.15, -0.1) is 0 Å². The van der Waals surface area contributed by atoms with E-state index in [9.17, 15) is 4.39 Å². The standard InChI is InChI=1S/C16H19FN2S/c1-12-10-14(17)2-3-15(12)16(13-4-9-20-11-13)19-7-5-18-6-8-19/h2-4,9-11,16,18H,5-8H2,1H3/t16-/m1/s1. The van der Waals surface area contributed by atoms with Gasteiger partial charge in [0.05, 0.1) is 6.04 Å². The van der Waals surface area contributed by atoms with Crippen molar-refractivity contribution < 1.29 is 4.39 Å². The number of halogens is 1. The predicted octanol–water partition coefficient (Wildman–Crippen LogP) is 3.19. The fraction of sp³-hybridized carbons (Fsp3) is 0.375. The molecule has 0 amide bonds. The summed E-state index contributed by atoms with van der Waals surface area (Å²) in [6.07, 6.45) is 0. The predicted molar refractivity (Wildman–Crippen MR) is 81.7 cm³/mol. The van der Waals surface area contributed by atoms with Gasteiger partial charge >= 0.3 is 0 Å². The Labute approximate surface area is 123 Å². The average molecular weight is 290 g/mol. The summed E-state index contributed by atoms with van der Waals surface area (Å²) < 4.78 is 13.4. The van der Waals surface area contributed by atoms with Crippen molar-refractivity contribution in [3.8, 4) is 0 Å². The number of rotatable bonds is 3. The molecular formula is C16H19FN2S. The molecule has 106 valence electrons. The minimum Gasteiger partial charge on any atom is -0.314 e. The van der Waals surface area contributed by atoms with Gasteiger partial charge in [0.1, 0.15) is 5.82 Å². The highest BCUT2D eigenvalue weighted by molar-refractivity contribution is 7.08. The topological polar surface area (TPSA) is 15.3 Å². The zero-order valence-corrected chi connectivity index (χ0v) is 12.4. The van der Waals surface area contributed by atoms with E-state index < -0.39 is 0 Å². The largest absolute Gasteiger partial charge is 0.314 e. The van der Waals surface area contributed by atoms with E-state index in [0.717, 1.165) is 31.7 Å². The van der Waals surface area contributed by atoms with E-state index in [1.54, 1.807) is 23.5 Å². The summed E-state index contributed by atoms with van der Waals surface area (Å²) in [6.45, 7) is 6.08. The molecule has 4 heteroatoms. The molecule has 2 aromatic rings. The molecule has 0 radical (unpaired) electrons. The Hall–Kier alpha value is -1.23. The van der Waals surface area contributed by atoms with Crippen LogP contribution in [0.3, 0.4) is 0 Å². The number of benzene rings is 1. The van der Waals surface area contributed by atoms with E-state index >= 15 is 0 Å². The molecular weight excluding hydrogens is 271 g/mol. The second-order valence-electron chi connectivity index (χ2n) is 5.25. The minimum absolute atomic E-state index is 0.157. The molecule has 0 aliphatic carbocycles. The van der Waals surface area contributed by atoms with E-state index in [0.29, 0.717) is 0 Å². The van der Waals surface area contributed by atoms with Gasteiger partial charge in [0, 0.05) is 26.2 Å². The van der Waals surface area contributed by atoms with E-state index in [4.69, 9.17) is 0 Å². The molecule has 1 aliphatic heterocycles. The SMILES string of the molecule is Cc1cc(F)ccc1[C@@H](c1ccsc1)N1CCNCC1. The van der Waals surface area contributed by atoms with Crippen LogP contribution in [0.4, 0.5) is 4.39 Å². The van der Waals surface area contributed by atoms with Gasteiger partial charge in [0.15, 0.2) is 0 Å². The van der Waals surface area contributed by atoms with Crippen LogP contribution in [0.2, 0.25) is 0 Å². The van der Waals surface area contributed by atoms with Crippen molar-refractivity contribution in [3.05, 3.63) is 57.5 Å². The maximum atomic E-state index is 13.4. The number of hydrogen-bond donors (Lipinski definition) is 1. The first-order chi connectivity index (χ1) is 9.75. The molecule has 0 spiro atoms. The fourth-order valence-corrected chi connectivity index (χ4v) is 3.58. The lowest BCUT2D eigenvalue weighted by Crippen LogP contribution is -2.45. The summed E-state index contributed by atoms with van der Waals surface area (Å²) in [4.78, 5) is 2.48. The highest BCUT2D eigenvalue weighted by Crippen LogP contribution is 2.32. The normalized spacial score (nSPS) is 18.1. The Bertz CT molecular complexity index is 562. The molecule has 3 rings (SSSR count). The van der Waals surface area contributed by atoms with Gasteiger partial charge in [-0.3, -0.25) is 4.90 Å². The lowest BCUT2D eigenvalue weighted by Gasteiger charge is -2.35. The highest BCUT2D eigenvalue weighted by Gasteiger charge is 2.25. The Morgan fingerprint density at radius 1 is 1.25 bits per heavy atom. The third-order valence-corrected chi connectivity index (χ3v) is 4.60. The van der Waals surface area contributed by atoms with Crippen molar-refractivity contribution >= 4 is 11.3 Å². The molecule has 0 bridgehead atoms. The Balaban J connectivity index is 2.00. The van der Waals surface area contributed by atoms with E-state index in [-0.39, 0.29) is 11.9 Å². The monoisotopic (exact) mass is 290 g/mol. The van der Waals surface area contributed by atoms with Crippen LogP contribution >= 0.6 is 11.3 Å². The number of thiophene rings is 1. The summed E-state index contributed by atoms with van der Waals surface area (Å²) in [6, 6.07) is 7.57. The number of piperazine rings is 1. The molecule has 1 aromatic heterocycles. The fourth-order valence-electron chi connectivity index (χ4n) is 2.90. The number of aryl methyl sites for hydroxylation is 1. The Kier molecular flexibility index (Phi) is 4.15. The molecule has 1 saturated heterocycles. The summed E-state index contributed by atoms with van der Waals surface area (Å²) in [5, 5.41) is 7.71. The van der Waals surface area contributed by atoms with Gasteiger partial charge in [-0.25, -0.2) is 4.39 Å². The van der Waals surface area contributed by atoms with Crippen LogP contribution in [-0.2, 0) is 0 Å². The molecule has 1 aliphatic rings. The smallest absolute Gasteiger partial charge is 0.123 e. The first-order valence-electron chi connectivity index (χ1n) is 6.98. The first kappa shape index (κ1) is 13.7. The third kappa shape index (κ3) is 2.77. The molecule has 1 fully saturated rings. The summed E-state index contributed by atoms with van der Waals surface area (Å²) >= 11 is 1.72. The first-order valence-corrected chi connectivity index (χ1v) is 7.93. The van der Waals surface area contributed by atoms with Crippen LogP contribution in [0.25, 0.3) is 0 Å². The molecule has 1 atom stereocenters. The molecule has 0 saturated carbocycles. The molecule has 1 aromatic carbocycles. The summed E-state index contributed by atoms with van der Waals surface area (Å²) in [5.41, 5.74) is 3.55. The maximum absolute atomic E-state index is 13.4. The average Bonchev–Trinajstić information content (AvgIpc) is 2.97. The number of hydrogen-bond acceptors (Lipinski definition) is 3. The van der Waals surface area contributed by atoms with Crippen LogP contribution < -0.4 is 5.32 Å². The van der Waals surface area contributed by atoms with Crippen LogP contribution in [-0.4, -0.2) is 31.1 Å². The second kappa shape index (κ2) is 6.04. The number of nitrogens with zero attached hydrogens (tertiary/aromatic N) is 1. The van der Waals surface area contributed by atoms with Gasteiger partial charge < -0.3 is 5.32 Å². The number of nitrogens with one attached hydrogen (secondary N) is 1. The van der Waals surface area contributed by atoms with E-state index in [1.807, 2.05) is 13.0 Å². The lowest BCUT2D eigenvalue weighted by molar-refractivity contribution is 0.198. The van der Waals surface area contributed by atoms with Crippen molar-refractivity contribution in [1.82, 2.24) is 10.2 Å². The second-order valence-corrected chi connectivity index (χ2v) is 6.03. The zero-order valence-electron chi connectivity index (χ0n) is 11.6. The minimum atomic E-state index is -0.157. The quantitative estimate of drug-likeness (QED) is 0.934. The van der Waals surface area contributed by atoms with Gasteiger partial charge in [-0.1, -0.05) is 6.07 Å². The Morgan fingerprint density at radius 3 is 2.70 bits per heavy atom. The van der Waals surface area contributed by atoms with E-state index in [2.05, 4.69) is 27.0 Å². The maximum Gasteiger partial charge on any atom is 0.123 e. The van der Waals surface area contributed by atoms with Crippen molar-refractivity contribution in [2.75, 3.05) is 26.2 Å². The highest BCUT2D eigenvalue weighted by atomic mass is 32.1. The van der Waals surface area contributed by atoms with Crippen molar-refractivity contribution in [2.24, 2.45) is 0 Å². The molecule has 2 heterocycles. The van der Waals surface area contributed by atoms with Crippen molar-refractivity contribution in [1.29, 1.82) is 0 Å². The third-order valence-electron chi connectivity index (χ3n) is 3.90. The van der Waals surface area contributed by atoms with Crippen molar-refractivity contribution in [2.45, 2.75) is 13.0 Å². The summed E-state index contributed by atoms with van der Waals surface area (Å²) in [7, 11) is 0. The molecule has 20 heavy (non-hydrogen) atoms. The van der Waals surface area contributed by atoms with Crippen molar-refractivity contribution in [3.63, 3.8) is 0 Å². The zero-order chi connectivity index (χ0) is 13.9. The van der Waals surface area contributed by atoms with Crippen LogP contribution in [0.1, 0.15) is 22.7 Å². The van der Waals surface area contributed by atoms with Crippen LogP contribution in [0.15, 0.2) is 35.0 Å². The summed E-state index contributed by atoms with van der Waals surface area (Å²) in [5.74, 6) is -0.157. The van der Waals surface area contributed by atoms with Crippen LogP contribution in [0.5, 0.6) is 0 Å². The van der Waals surface area contributed by atoms with Gasteiger partial charge in [-0.2, -0.15) is 11.3 Å². The molecule has 1 N–H and O–H groups in total. The Morgan fingerprint density at radius 2 is 2.05 bits per heavy atom. The van der Waals surface area contributed by atoms with Gasteiger partial charge in [0.2, 0.25) is 0 Å². The van der Waals surface area contributed by atoms with Gasteiger partial charge in [0.25, 0.3) is 0 Å². The van der Waals surface area contributed by atoms with Crippen LogP contribution in [0, 0.1) is 12.7 Å². The lowest BCUT2D eigenvalue weighted by atomic mass is 9.95. The molecule has 2 nitrogen and oxygen atoms in total. The van der Waals surface area contributed by atoms with Gasteiger partial charge in [-0.05, 0) is 52.6 Å². The van der Waals surface area contributed by atoms with E-state index in [1.165, 1.54) is 11.1 Å².